The van der Waals surface area contributed by atoms with Gasteiger partial charge in [-0.3, -0.25) is 9.78 Å². The highest BCUT2D eigenvalue weighted by Gasteiger charge is 2.11. The Bertz CT molecular complexity index is 1240. The number of aromatic nitrogens is 4. The van der Waals surface area contributed by atoms with Crippen molar-refractivity contribution in [1.82, 2.24) is 19.9 Å². The molecule has 162 valence electrons. The van der Waals surface area contributed by atoms with E-state index >= 15 is 0 Å². The summed E-state index contributed by atoms with van der Waals surface area (Å²) < 4.78 is 0. The zero-order valence-electron chi connectivity index (χ0n) is 18.3. The van der Waals surface area contributed by atoms with Crippen molar-refractivity contribution < 1.29 is 4.79 Å². The van der Waals surface area contributed by atoms with Gasteiger partial charge in [0.2, 0.25) is 5.95 Å². The van der Waals surface area contributed by atoms with E-state index in [-0.39, 0.29) is 11.6 Å². The van der Waals surface area contributed by atoms with E-state index < -0.39 is 0 Å². The summed E-state index contributed by atoms with van der Waals surface area (Å²) in [7, 11) is 0. The molecule has 0 fully saturated rings. The van der Waals surface area contributed by atoms with Crippen molar-refractivity contribution in [2.45, 2.75) is 20.8 Å². The summed E-state index contributed by atoms with van der Waals surface area (Å²) in [6.45, 7) is 7.91. The molecule has 1 amide bonds. The molecule has 4 aromatic rings. The topological polar surface area (TPSA) is 95.9 Å². The van der Waals surface area contributed by atoms with Gasteiger partial charge in [-0.15, -0.1) is 0 Å². The van der Waals surface area contributed by atoms with Crippen LogP contribution in [0.1, 0.15) is 30.0 Å². The van der Waals surface area contributed by atoms with E-state index in [1.807, 2.05) is 61.5 Å². The number of aryl methyl sites for hydroxylation is 1. The zero-order chi connectivity index (χ0) is 22.5. The minimum Gasteiger partial charge on any atom is -0.357 e. The summed E-state index contributed by atoms with van der Waals surface area (Å²) in [5.41, 5.74) is 4.07. The number of anilines is 4. The first-order chi connectivity index (χ1) is 15.6. The lowest BCUT2D eigenvalue weighted by Crippen LogP contribution is -2.23. The molecule has 0 aliphatic carbocycles. The predicted octanol–water partition coefficient (Wildman–Crippen LogP) is 4.57. The van der Waals surface area contributed by atoms with Crippen molar-refractivity contribution in [1.29, 1.82) is 0 Å². The van der Waals surface area contributed by atoms with Crippen LogP contribution in [0.3, 0.4) is 0 Å². The van der Waals surface area contributed by atoms with E-state index in [1.54, 1.807) is 0 Å². The fourth-order valence-electron chi connectivity index (χ4n) is 3.35. The molecular weight excluding hydrogens is 402 g/mol. The second-order valence-electron chi connectivity index (χ2n) is 7.26. The minimum absolute atomic E-state index is 0.267. The molecule has 0 bridgehead atoms. The van der Waals surface area contributed by atoms with E-state index in [9.17, 15) is 4.79 Å². The van der Waals surface area contributed by atoms with Crippen LogP contribution in [0.15, 0.2) is 60.8 Å². The zero-order valence-corrected chi connectivity index (χ0v) is 18.3. The van der Waals surface area contributed by atoms with Crippen LogP contribution in [0.5, 0.6) is 0 Å². The summed E-state index contributed by atoms with van der Waals surface area (Å²) in [5.74, 6) is 1.12. The summed E-state index contributed by atoms with van der Waals surface area (Å²) in [4.78, 5) is 32.5. The highest BCUT2D eigenvalue weighted by molar-refractivity contribution is 6.03. The second-order valence-corrected chi connectivity index (χ2v) is 7.26. The number of nitrogens with one attached hydrogen (secondary N) is 2. The van der Waals surface area contributed by atoms with Crippen molar-refractivity contribution in [2.24, 2.45) is 0 Å². The Morgan fingerprint density at radius 1 is 0.906 bits per heavy atom. The van der Waals surface area contributed by atoms with E-state index in [4.69, 9.17) is 0 Å². The maximum atomic E-state index is 12.6. The molecule has 4 rings (SSSR count). The van der Waals surface area contributed by atoms with Gasteiger partial charge in [0.05, 0.1) is 17.2 Å². The van der Waals surface area contributed by atoms with Crippen LogP contribution in [0.2, 0.25) is 0 Å². The molecule has 0 atom stereocenters. The van der Waals surface area contributed by atoms with Crippen LogP contribution >= 0.6 is 0 Å². The Morgan fingerprint density at radius 3 is 2.31 bits per heavy atom. The first kappa shape index (κ1) is 21.2. The van der Waals surface area contributed by atoms with Gasteiger partial charge in [0, 0.05) is 36.2 Å². The number of nitrogens with zero attached hydrogens (tertiary/aromatic N) is 5. The minimum atomic E-state index is -0.310. The van der Waals surface area contributed by atoms with E-state index in [1.165, 1.54) is 6.20 Å². The highest BCUT2D eigenvalue weighted by Crippen LogP contribution is 2.20. The average molecular weight is 428 g/mol. The molecule has 0 aliphatic heterocycles. The molecule has 2 aromatic carbocycles. The Hall–Kier alpha value is -4.07. The smallest absolute Gasteiger partial charge is 0.275 e. The van der Waals surface area contributed by atoms with E-state index in [0.717, 1.165) is 35.8 Å². The first-order valence-corrected chi connectivity index (χ1v) is 10.6. The highest BCUT2D eigenvalue weighted by atomic mass is 16.1. The number of benzene rings is 2. The van der Waals surface area contributed by atoms with Gasteiger partial charge in [-0.25, -0.2) is 9.97 Å². The third-order valence-electron chi connectivity index (χ3n) is 5.01. The summed E-state index contributed by atoms with van der Waals surface area (Å²) >= 11 is 0. The number of amides is 1. The largest absolute Gasteiger partial charge is 0.357 e. The van der Waals surface area contributed by atoms with Crippen LogP contribution in [0.25, 0.3) is 11.0 Å². The lowest BCUT2D eigenvalue weighted by atomic mass is 10.2. The number of carbonyl (C=O) groups is 1. The molecule has 2 N–H and O–H groups in total. The van der Waals surface area contributed by atoms with Gasteiger partial charge in [0.1, 0.15) is 11.5 Å². The summed E-state index contributed by atoms with van der Waals surface area (Å²) in [6, 6.07) is 16.8. The average Bonchev–Trinajstić information content (AvgIpc) is 2.80. The molecule has 8 heteroatoms. The van der Waals surface area contributed by atoms with Crippen molar-refractivity contribution in [3.63, 3.8) is 0 Å². The lowest BCUT2D eigenvalue weighted by Gasteiger charge is -2.20. The first-order valence-electron chi connectivity index (χ1n) is 10.6. The molecule has 0 saturated carbocycles. The van der Waals surface area contributed by atoms with Crippen molar-refractivity contribution >= 4 is 40.1 Å². The molecule has 0 unspecified atom stereocenters. The van der Waals surface area contributed by atoms with E-state index in [0.29, 0.717) is 17.2 Å². The van der Waals surface area contributed by atoms with Crippen LogP contribution in [-0.2, 0) is 0 Å². The summed E-state index contributed by atoms with van der Waals surface area (Å²) in [6.07, 6.45) is 1.48. The van der Waals surface area contributed by atoms with Gasteiger partial charge in [0.15, 0.2) is 0 Å². The predicted molar refractivity (Wildman–Crippen MR) is 128 cm³/mol. The number of rotatable bonds is 7. The van der Waals surface area contributed by atoms with Gasteiger partial charge in [-0.2, -0.15) is 4.98 Å². The normalized spacial score (nSPS) is 10.7. The number of hydrogen-bond acceptors (Lipinski definition) is 7. The van der Waals surface area contributed by atoms with Gasteiger partial charge >= 0.3 is 0 Å². The van der Waals surface area contributed by atoms with Crippen LogP contribution in [-0.4, -0.2) is 38.9 Å². The molecule has 2 heterocycles. The Balaban J connectivity index is 1.45. The van der Waals surface area contributed by atoms with Gasteiger partial charge in [-0.05, 0) is 57.2 Å². The van der Waals surface area contributed by atoms with Crippen molar-refractivity contribution in [3.8, 4) is 0 Å². The molecule has 0 spiro atoms. The van der Waals surface area contributed by atoms with Crippen LogP contribution < -0.4 is 15.5 Å². The fraction of sp³-hybridized carbons (Fsp3) is 0.208. The van der Waals surface area contributed by atoms with Gasteiger partial charge in [0.25, 0.3) is 5.91 Å². The number of para-hydroxylation sites is 2. The molecule has 0 radical (unpaired) electrons. The lowest BCUT2D eigenvalue weighted by molar-refractivity contribution is 0.102. The molecule has 8 nitrogen and oxygen atoms in total. The van der Waals surface area contributed by atoms with Crippen LogP contribution in [0.4, 0.5) is 23.1 Å². The SMILES string of the molecule is CCN(CC)c1cc(C)nc(Nc2ccc(NC(=O)c3cnc4ccccc4n3)cc2)n1. The quantitative estimate of drug-likeness (QED) is 0.446. The number of hydrogen-bond donors (Lipinski definition) is 2. The second kappa shape index (κ2) is 9.38. The third-order valence-corrected chi connectivity index (χ3v) is 5.01. The summed E-state index contributed by atoms with van der Waals surface area (Å²) in [5, 5.41) is 6.09. The maximum absolute atomic E-state index is 12.6. The Morgan fingerprint density at radius 2 is 1.59 bits per heavy atom. The molecule has 0 saturated heterocycles. The standard InChI is InChI=1S/C24H25N7O/c1-4-31(5-2)22-14-16(3)26-24(30-22)28-18-12-10-17(11-13-18)27-23(32)21-15-25-19-8-6-7-9-20(19)29-21/h6-15H,4-5H2,1-3H3,(H,27,32)(H,26,28,30). The van der Waals surface area contributed by atoms with Gasteiger partial charge < -0.3 is 15.5 Å². The molecule has 2 aromatic heterocycles. The maximum Gasteiger partial charge on any atom is 0.275 e. The number of carbonyl (C=O) groups excluding carboxylic acids is 1. The van der Waals surface area contributed by atoms with Crippen molar-refractivity contribution in [3.05, 3.63) is 72.2 Å². The van der Waals surface area contributed by atoms with Crippen molar-refractivity contribution in [2.75, 3.05) is 28.6 Å². The van der Waals surface area contributed by atoms with E-state index in [2.05, 4.69) is 49.3 Å². The Labute approximate surface area is 186 Å². The number of fused-ring (bicyclic) bond motifs is 1. The van der Waals surface area contributed by atoms with Gasteiger partial charge in [-0.1, -0.05) is 12.1 Å². The molecule has 0 aliphatic rings. The Kier molecular flexibility index (Phi) is 6.21. The fourth-order valence-corrected chi connectivity index (χ4v) is 3.35. The van der Waals surface area contributed by atoms with Crippen LogP contribution in [0, 0.1) is 6.92 Å². The molecular formula is C24H25N7O. The molecule has 32 heavy (non-hydrogen) atoms. The third kappa shape index (κ3) is 4.80. The monoisotopic (exact) mass is 427 g/mol.